The summed E-state index contributed by atoms with van der Waals surface area (Å²) < 4.78 is 1.77. The van der Waals surface area contributed by atoms with Gasteiger partial charge < -0.3 is 9.80 Å². The second-order valence-corrected chi connectivity index (χ2v) is 5.71. The van der Waals surface area contributed by atoms with Gasteiger partial charge in [0.15, 0.2) is 11.5 Å². The molecule has 0 saturated carbocycles. The van der Waals surface area contributed by atoms with Crippen molar-refractivity contribution in [2.24, 2.45) is 0 Å². The maximum absolute atomic E-state index is 12.5. The Balaban J connectivity index is 1.47. The molecular formula is C15H18N8O. The number of hydrogen-bond acceptors (Lipinski definition) is 6. The fraction of sp³-hybridized carbons (Fsp3) is 0.400. The Morgan fingerprint density at radius 1 is 1.25 bits per heavy atom. The monoisotopic (exact) mass is 326 g/mol. The Bertz CT molecular complexity index is 861. The summed E-state index contributed by atoms with van der Waals surface area (Å²) in [6.07, 6.45) is 5.81. The molecule has 0 aromatic carbocycles. The van der Waals surface area contributed by atoms with Crippen LogP contribution in [0, 0.1) is 0 Å². The molecule has 0 unspecified atom stereocenters. The highest BCUT2D eigenvalue weighted by Crippen LogP contribution is 2.16. The Morgan fingerprint density at radius 3 is 2.83 bits per heavy atom. The van der Waals surface area contributed by atoms with Crippen LogP contribution in [0.3, 0.4) is 0 Å². The summed E-state index contributed by atoms with van der Waals surface area (Å²) >= 11 is 0. The number of H-pyrrole nitrogens is 1. The van der Waals surface area contributed by atoms with Gasteiger partial charge in [0, 0.05) is 31.9 Å². The molecule has 9 heteroatoms. The van der Waals surface area contributed by atoms with Gasteiger partial charge in [0.25, 0.3) is 5.91 Å². The first kappa shape index (κ1) is 14.6. The fourth-order valence-electron chi connectivity index (χ4n) is 2.91. The van der Waals surface area contributed by atoms with Crippen LogP contribution in [0.1, 0.15) is 23.1 Å². The first-order valence-corrected chi connectivity index (χ1v) is 7.98. The number of rotatable bonds is 3. The van der Waals surface area contributed by atoms with E-state index >= 15 is 0 Å². The lowest BCUT2D eigenvalue weighted by atomic mass is 10.2. The minimum atomic E-state index is -0.0253. The molecule has 0 bridgehead atoms. The molecule has 4 heterocycles. The van der Waals surface area contributed by atoms with Crippen LogP contribution >= 0.6 is 0 Å². The van der Waals surface area contributed by atoms with Gasteiger partial charge in [-0.15, -0.1) is 0 Å². The molecule has 124 valence electrons. The molecule has 1 aliphatic rings. The molecule has 1 N–H and O–H groups in total. The third-order valence-corrected chi connectivity index (χ3v) is 4.29. The maximum Gasteiger partial charge on any atom is 0.274 e. The average Bonchev–Trinajstić information content (AvgIpc) is 3.30. The summed E-state index contributed by atoms with van der Waals surface area (Å²) in [6.45, 7) is 4.74. The number of aromatic nitrogens is 6. The van der Waals surface area contributed by atoms with Gasteiger partial charge in [-0.3, -0.25) is 14.9 Å². The zero-order valence-electron chi connectivity index (χ0n) is 13.4. The highest BCUT2D eigenvalue weighted by molar-refractivity contribution is 5.92. The molecule has 1 fully saturated rings. The van der Waals surface area contributed by atoms with Crippen molar-refractivity contribution in [3.8, 4) is 0 Å². The maximum atomic E-state index is 12.5. The number of aryl methyl sites for hydroxylation is 1. The van der Waals surface area contributed by atoms with Crippen molar-refractivity contribution in [2.45, 2.75) is 13.3 Å². The number of fused-ring (bicyclic) bond motifs is 1. The Hall–Kier alpha value is -2.97. The first-order chi connectivity index (χ1) is 11.8. The summed E-state index contributed by atoms with van der Waals surface area (Å²) in [6, 6.07) is 1.83. The van der Waals surface area contributed by atoms with Crippen molar-refractivity contribution in [1.82, 2.24) is 34.7 Å². The summed E-state index contributed by atoms with van der Waals surface area (Å²) in [5.74, 6) is 0.868. The zero-order valence-corrected chi connectivity index (χ0v) is 13.4. The van der Waals surface area contributed by atoms with E-state index < -0.39 is 0 Å². The minimum Gasteiger partial charge on any atom is -0.352 e. The fourth-order valence-corrected chi connectivity index (χ4v) is 2.91. The molecule has 0 radical (unpaired) electrons. The van der Waals surface area contributed by atoms with Gasteiger partial charge in [-0.25, -0.2) is 4.98 Å². The summed E-state index contributed by atoms with van der Waals surface area (Å²) in [5.41, 5.74) is 2.18. The van der Waals surface area contributed by atoms with Gasteiger partial charge in [-0.2, -0.15) is 14.7 Å². The molecule has 0 atom stereocenters. The van der Waals surface area contributed by atoms with Crippen LogP contribution in [-0.2, 0) is 6.42 Å². The summed E-state index contributed by atoms with van der Waals surface area (Å²) in [5, 5.41) is 11.2. The third-order valence-electron chi connectivity index (χ3n) is 4.29. The highest BCUT2D eigenvalue weighted by atomic mass is 16.2. The van der Waals surface area contributed by atoms with Crippen molar-refractivity contribution >= 4 is 17.4 Å². The lowest BCUT2D eigenvalue weighted by Gasteiger charge is -2.35. The topological polar surface area (TPSA) is 95.3 Å². The van der Waals surface area contributed by atoms with Crippen LogP contribution in [0.4, 0.5) is 5.82 Å². The molecule has 0 aliphatic carbocycles. The molecule has 1 saturated heterocycles. The second kappa shape index (κ2) is 5.91. The molecule has 3 aromatic heterocycles. The van der Waals surface area contributed by atoms with E-state index in [-0.39, 0.29) is 5.91 Å². The lowest BCUT2D eigenvalue weighted by Crippen LogP contribution is -2.49. The van der Waals surface area contributed by atoms with Crippen LogP contribution in [0.2, 0.25) is 0 Å². The lowest BCUT2D eigenvalue weighted by molar-refractivity contribution is 0.0740. The van der Waals surface area contributed by atoms with Crippen molar-refractivity contribution < 1.29 is 4.79 Å². The third kappa shape index (κ3) is 2.47. The average molecular weight is 326 g/mol. The first-order valence-electron chi connectivity index (χ1n) is 7.98. The number of nitrogens with zero attached hydrogens (tertiary/aromatic N) is 7. The summed E-state index contributed by atoms with van der Waals surface area (Å²) in [4.78, 5) is 24.9. The highest BCUT2D eigenvalue weighted by Gasteiger charge is 2.25. The minimum absolute atomic E-state index is 0.0253. The Kier molecular flexibility index (Phi) is 3.60. The van der Waals surface area contributed by atoms with E-state index in [9.17, 15) is 4.79 Å². The number of carbonyl (C=O) groups excluding carboxylic acids is 1. The van der Waals surface area contributed by atoms with Gasteiger partial charge in [-0.05, 0) is 12.5 Å². The Labute approximate surface area is 138 Å². The van der Waals surface area contributed by atoms with Crippen LogP contribution < -0.4 is 4.90 Å². The van der Waals surface area contributed by atoms with Crippen LogP contribution in [-0.4, -0.2) is 66.8 Å². The number of anilines is 1. The second-order valence-electron chi connectivity index (χ2n) is 5.71. The molecule has 3 aromatic rings. The summed E-state index contributed by atoms with van der Waals surface area (Å²) in [7, 11) is 0. The standard InChI is InChI=1S/C15H18N8O/c1-2-11-7-12(20-19-11)15(24)22-5-3-21(4-6-22)14-9-16-8-13-17-10-18-23(13)14/h7-10H,2-6H2,1H3,(H,19,20). The number of aromatic amines is 1. The van der Waals surface area contributed by atoms with E-state index in [4.69, 9.17) is 0 Å². The number of carbonyl (C=O) groups is 1. The quantitative estimate of drug-likeness (QED) is 0.747. The molecule has 1 aliphatic heterocycles. The number of nitrogens with one attached hydrogen (secondary N) is 1. The van der Waals surface area contributed by atoms with Crippen molar-refractivity contribution in [2.75, 3.05) is 31.1 Å². The van der Waals surface area contributed by atoms with Crippen molar-refractivity contribution in [3.05, 3.63) is 36.2 Å². The van der Waals surface area contributed by atoms with E-state index in [1.165, 1.54) is 6.33 Å². The number of hydrogen-bond donors (Lipinski definition) is 1. The predicted octanol–water partition coefficient (Wildman–Crippen LogP) is 0.372. The van der Waals surface area contributed by atoms with Gasteiger partial charge in [0.1, 0.15) is 12.0 Å². The molecule has 4 rings (SSSR count). The van der Waals surface area contributed by atoms with E-state index in [0.29, 0.717) is 18.8 Å². The normalized spacial score (nSPS) is 15.2. The van der Waals surface area contributed by atoms with Gasteiger partial charge in [-0.1, -0.05) is 6.92 Å². The molecule has 0 spiro atoms. The van der Waals surface area contributed by atoms with Crippen LogP contribution in [0.25, 0.3) is 5.65 Å². The van der Waals surface area contributed by atoms with E-state index in [2.05, 4.69) is 30.2 Å². The van der Waals surface area contributed by atoms with Crippen molar-refractivity contribution in [1.29, 1.82) is 0 Å². The van der Waals surface area contributed by atoms with Crippen LogP contribution in [0.5, 0.6) is 0 Å². The van der Waals surface area contributed by atoms with Crippen molar-refractivity contribution in [3.63, 3.8) is 0 Å². The van der Waals surface area contributed by atoms with Gasteiger partial charge in [0.2, 0.25) is 0 Å². The molecule has 9 nitrogen and oxygen atoms in total. The molecular weight excluding hydrogens is 308 g/mol. The van der Waals surface area contributed by atoms with E-state index in [1.54, 1.807) is 16.9 Å². The zero-order chi connectivity index (χ0) is 16.5. The van der Waals surface area contributed by atoms with Gasteiger partial charge in [0.05, 0.1) is 12.4 Å². The smallest absolute Gasteiger partial charge is 0.274 e. The number of amides is 1. The molecule has 24 heavy (non-hydrogen) atoms. The SMILES string of the molecule is CCc1cc(C(=O)N2CCN(c3cncc4ncnn34)CC2)n[nH]1. The number of piperazine rings is 1. The van der Waals surface area contributed by atoms with Crippen LogP contribution in [0.15, 0.2) is 24.8 Å². The van der Waals surface area contributed by atoms with E-state index in [0.717, 1.165) is 36.7 Å². The molecule has 1 amide bonds. The Morgan fingerprint density at radius 2 is 2.08 bits per heavy atom. The van der Waals surface area contributed by atoms with E-state index in [1.807, 2.05) is 17.9 Å². The largest absolute Gasteiger partial charge is 0.352 e. The predicted molar refractivity (Wildman–Crippen MR) is 86.9 cm³/mol. The van der Waals surface area contributed by atoms with Gasteiger partial charge >= 0.3 is 0 Å².